The van der Waals surface area contributed by atoms with Crippen molar-refractivity contribution < 1.29 is 14.3 Å². The predicted octanol–water partition coefficient (Wildman–Crippen LogP) is 1.62. The number of ether oxygens (including phenoxy) is 1. The first kappa shape index (κ1) is 9.96. The Balaban J connectivity index is 2.19. The molecule has 0 aromatic rings. The van der Waals surface area contributed by atoms with Gasteiger partial charge < -0.3 is 9.53 Å². The fourth-order valence-corrected chi connectivity index (χ4v) is 1.32. The summed E-state index contributed by atoms with van der Waals surface area (Å²) in [5, 5.41) is 0. The van der Waals surface area contributed by atoms with Gasteiger partial charge in [0.25, 0.3) is 0 Å². The Morgan fingerprint density at radius 3 is 3.08 bits per heavy atom. The summed E-state index contributed by atoms with van der Waals surface area (Å²) in [4.78, 5) is 21.4. The van der Waals surface area contributed by atoms with E-state index in [-0.39, 0.29) is 17.9 Å². The second-order valence-electron chi connectivity index (χ2n) is 3.29. The van der Waals surface area contributed by atoms with Gasteiger partial charge in [0.2, 0.25) is 0 Å². The summed E-state index contributed by atoms with van der Waals surface area (Å²) >= 11 is 0. The summed E-state index contributed by atoms with van der Waals surface area (Å²) in [6.45, 7) is 1.58. The van der Waals surface area contributed by atoms with Crippen LogP contribution in [-0.4, -0.2) is 17.9 Å². The van der Waals surface area contributed by atoms with E-state index in [0.29, 0.717) is 6.42 Å². The third kappa shape index (κ3) is 3.87. The van der Waals surface area contributed by atoms with E-state index in [2.05, 4.69) is 0 Å². The predicted molar refractivity (Wildman–Crippen MR) is 48.2 cm³/mol. The number of hydrogen-bond acceptors (Lipinski definition) is 3. The molecule has 0 amide bonds. The van der Waals surface area contributed by atoms with Crippen molar-refractivity contribution in [1.29, 1.82) is 0 Å². The van der Waals surface area contributed by atoms with Gasteiger partial charge in [-0.3, -0.25) is 0 Å². The monoisotopic (exact) mass is 182 g/mol. The van der Waals surface area contributed by atoms with Crippen molar-refractivity contribution in [2.24, 2.45) is 0 Å². The lowest BCUT2D eigenvalue weighted by Crippen LogP contribution is -2.19. The molecule has 1 rings (SSSR count). The fourth-order valence-electron chi connectivity index (χ4n) is 1.32. The van der Waals surface area contributed by atoms with Crippen molar-refractivity contribution >= 4 is 11.8 Å². The number of hydrogen-bond donors (Lipinski definition) is 0. The maximum absolute atomic E-state index is 10.8. The van der Waals surface area contributed by atoms with Crippen molar-refractivity contribution in [3.63, 3.8) is 0 Å². The van der Waals surface area contributed by atoms with E-state index in [0.717, 1.165) is 19.3 Å². The summed E-state index contributed by atoms with van der Waals surface area (Å²) in [5.74, 6) is -0.0725. The molecular formula is C10H14O3. The van der Waals surface area contributed by atoms with Crippen LogP contribution in [0.4, 0.5) is 0 Å². The Labute approximate surface area is 77.8 Å². The van der Waals surface area contributed by atoms with Crippen LogP contribution in [0.5, 0.6) is 0 Å². The molecule has 1 aliphatic rings. The van der Waals surface area contributed by atoms with E-state index >= 15 is 0 Å². The van der Waals surface area contributed by atoms with Gasteiger partial charge in [-0.15, -0.1) is 0 Å². The second-order valence-corrected chi connectivity index (χ2v) is 3.29. The zero-order chi connectivity index (χ0) is 9.68. The number of ketones is 1. The Bertz CT molecular complexity index is 230. The maximum Gasteiger partial charge on any atom is 0.330 e. The molecule has 0 fully saturated rings. The minimum absolute atomic E-state index is 0.0168. The van der Waals surface area contributed by atoms with Crippen molar-refractivity contribution in [2.75, 3.05) is 0 Å². The second kappa shape index (κ2) is 4.80. The van der Waals surface area contributed by atoms with E-state index < -0.39 is 0 Å². The highest BCUT2D eigenvalue weighted by atomic mass is 16.5. The Kier molecular flexibility index (Phi) is 3.68. The average molecular weight is 182 g/mol. The molecule has 0 saturated heterocycles. The van der Waals surface area contributed by atoms with Gasteiger partial charge in [-0.05, 0) is 19.8 Å². The normalized spacial score (nSPS) is 21.3. The molecule has 0 bridgehead atoms. The Morgan fingerprint density at radius 1 is 1.69 bits per heavy atom. The van der Waals surface area contributed by atoms with Crippen LogP contribution in [0.15, 0.2) is 12.2 Å². The summed E-state index contributed by atoms with van der Waals surface area (Å²) in [6.07, 6.45) is 6.21. The van der Waals surface area contributed by atoms with Gasteiger partial charge in [-0.1, -0.05) is 6.08 Å². The van der Waals surface area contributed by atoms with Crippen LogP contribution >= 0.6 is 0 Å². The third-order valence-electron chi connectivity index (χ3n) is 1.99. The first-order chi connectivity index (χ1) is 6.18. The number of Topliss-reactive ketones (excluding diaryl/α,β-unsaturated/α-hetero) is 1. The zero-order valence-corrected chi connectivity index (χ0v) is 7.79. The molecule has 1 atom stereocenters. The molecule has 0 spiro atoms. The van der Waals surface area contributed by atoms with Gasteiger partial charge in [0, 0.05) is 18.9 Å². The lowest BCUT2D eigenvalue weighted by atomic mass is 10.1. The molecule has 72 valence electrons. The molecule has 0 unspecified atom stereocenters. The summed E-state index contributed by atoms with van der Waals surface area (Å²) in [7, 11) is 0. The highest BCUT2D eigenvalue weighted by Crippen LogP contribution is 2.13. The molecule has 0 aromatic carbocycles. The lowest BCUT2D eigenvalue weighted by molar-refractivity contribution is -0.144. The van der Waals surface area contributed by atoms with Gasteiger partial charge in [-0.25, -0.2) is 4.79 Å². The third-order valence-corrected chi connectivity index (χ3v) is 1.99. The molecule has 0 aromatic heterocycles. The van der Waals surface area contributed by atoms with Gasteiger partial charge in [0.05, 0.1) is 0 Å². The molecular weight excluding hydrogens is 168 g/mol. The van der Waals surface area contributed by atoms with Crippen molar-refractivity contribution in [3.05, 3.63) is 12.2 Å². The summed E-state index contributed by atoms with van der Waals surface area (Å²) in [5.41, 5.74) is 0. The van der Waals surface area contributed by atoms with Crippen LogP contribution in [-0.2, 0) is 14.3 Å². The van der Waals surface area contributed by atoms with E-state index in [1.165, 1.54) is 6.08 Å². The fraction of sp³-hybridized carbons (Fsp3) is 0.600. The average Bonchev–Trinajstić information content (AvgIpc) is 2.03. The van der Waals surface area contributed by atoms with E-state index in [1.54, 1.807) is 6.92 Å². The van der Waals surface area contributed by atoms with Crippen LogP contribution in [0.2, 0.25) is 0 Å². The molecule has 3 heteroatoms. The van der Waals surface area contributed by atoms with Crippen LogP contribution in [0.25, 0.3) is 0 Å². The summed E-state index contributed by atoms with van der Waals surface area (Å²) < 4.78 is 5.03. The number of carbonyl (C=O) groups is 2. The van der Waals surface area contributed by atoms with Gasteiger partial charge in [-0.2, -0.15) is 0 Å². The number of carbonyl (C=O) groups excluding carboxylic acids is 2. The van der Waals surface area contributed by atoms with Crippen molar-refractivity contribution in [2.45, 2.75) is 38.7 Å². The smallest absolute Gasteiger partial charge is 0.330 e. The molecule has 13 heavy (non-hydrogen) atoms. The molecule has 1 aliphatic heterocycles. The quantitative estimate of drug-likeness (QED) is 0.620. The van der Waals surface area contributed by atoms with Gasteiger partial charge in [0.15, 0.2) is 0 Å². The highest BCUT2D eigenvalue weighted by Gasteiger charge is 2.15. The molecule has 0 saturated carbocycles. The Morgan fingerprint density at radius 2 is 2.46 bits per heavy atom. The van der Waals surface area contributed by atoms with Gasteiger partial charge in [0.1, 0.15) is 11.9 Å². The highest BCUT2D eigenvalue weighted by molar-refractivity contribution is 5.82. The lowest BCUT2D eigenvalue weighted by Gasteiger charge is -2.17. The number of esters is 1. The standard InChI is InChI=1S/C10H14O3/c1-8(11)4-2-5-9-6-3-7-10(12)13-9/h3,7,9H,2,4-6H2,1H3/t9-/m1/s1. The zero-order valence-electron chi connectivity index (χ0n) is 7.79. The van der Waals surface area contributed by atoms with Crippen LogP contribution in [0, 0.1) is 0 Å². The van der Waals surface area contributed by atoms with E-state index in [9.17, 15) is 9.59 Å². The Hall–Kier alpha value is -1.12. The van der Waals surface area contributed by atoms with Crippen molar-refractivity contribution in [3.8, 4) is 0 Å². The largest absolute Gasteiger partial charge is 0.459 e. The molecule has 3 nitrogen and oxygen atoms in total. The number of cyclic esters (lactones) is 1. The van der Waals surface area contributed by atoms with E-state index in [1.807, 2.05) is 6.08 Å². The first-order valence-electron chi connectivity index (χ1n) is 4.55. The maximum atomic E-state index is 10.8. The topological polar surface area (TPSA) is 43.4 Å². The molecule has 1 heterocycles. The van der Waals surface area contributed by atoms with Gasteiger partial charge >= 0.3 is 5.97 Å². The molecule has 0 aliphatic carbocycles. The first-order valence-corrected chi connectivity index (χ1v) is 4.55. The minimum atomic E-state index is -0.265. The minimum Gasteiger partial charge on any atom is -0.459 e. The van der Waals surface area contributed by atoms with Crippen LogP contribution < -0.4 is 0 Å². The van der Waals surface area contributed by atoms with Crippen LogP contribution in [0.3, 0.4) is 0 Å². The molecule has 0 radical (unpaired) electrons. The molecule has 0 N–H and O–H groups in total. The van der Waals surface area contributed by atoms with Crippen LogP contribution in [0.1, 0.15) is 32.6 Å². The van der Waals surface area contributed by atoms with E-state index in [4.69, 9.17) is 4.74 Å². The van der Waals surface area contributed by atoms with Crippen molar-refractivity contribution in [1.82, 2.24) is 0 Å². The summed E-state index contributed by atoms with van der Waals surface area (Å²) in [6, 6.07) is 0. The SMILES string of the molecule is CC(=O)CCC[C@@H]1CC=CC(=O)O1. The number of rotatable bonds is 4.